The highest BCUT2D eigenvalue weighted by atomic mass is 19.1. The van der Waals surface area contributed by atoms with Crippen LogP contribution in [0.15, 0.2) is 18.2 Å². The van der Waals surface area contributed by atoms with Crippen molar-refractivity contribution in [2.75, 3.05) is 19.8 Å². The Morgan fingerprint density at radius 2 is 2.10 bits per heavy atom. The minimum atomic E-state index is -0.143. The largest absolute Gasteiger partial charge is 0.381 e. The molecule has 1 N–H and O–H groups in total. The third-order valence-electron chi connectivity index (χ3n) is 4.24. The van der Waals surface area contributed by atoms with E-state index in [1.54, 1.807) is 12.1 Å². The van der Waals surface area contributed by atoms with Gasteiger partial charge >= 0.3 is 0 Å². The summed E-state index contributed by atoms with van der Waals surface area (Å²) in [7, 11) is 0. The number of hydrogen-bond acceptors (Lipinski definition) is 2. The maximum absolute atomic E-state index is 13.2. The molecule has 1 unspecified atom stereocenters. The van der Waals surface area contributed by atoms with Crippen LogP contribution in [0.4, 0.5) is 4.39 Å². The Morgan fingerprint density at radius 1 is 1.35 bits per heavy atom. The average molecular weight is 279 g/mol. The third kappa shape index (κ3) is 4.29. The molecule has 0 aromatic heterocycles. The van der Waals surface area contributed by atoms with E-state index in [-0.39, 0.29) is 5.82 Å². The first kappa shape index (κ1) is 15.5. The molecule has 1 aliphatic rings. The van der Waals surface area contributed by atoms with Crippen molar-refractivity contribution in [2.45, 2.75) is 45.6 Å². The zero-order chi connectivity index (χ0) is 14.4. The summed E-state index contributed by atoms with van der Waals surface area (Å²) in [6.07, 6.45) is 4.38. The number of benzene rings is 1. The molecule has 0 spiro atoms. The second kappa shape index (κ2) is 7.75. The van der Waals surface area contributed by atoms with Crippen molar-refractivity contribution in [3.63, 3.8) is 0 Å². The summed E-state index contributed by atoms with van der Waals surface area (Å²) in [5, 5.41) is 3.68. The third-order valence-corrected chi connectivity index (χ3v) is 4.24. The highest BCUT2D eigenvalue weighted by molar-refractivity contribution is 5.27. The molecule has 0 saturated carbocycles. The van der Waals surface area contributed by atoms with Gasteiger partial charge in [-0.1, -0.05) is 13.0 Å². The summed E-state index contributed by atoms with van der Waals surface area (Å²) in [6.45, 7) is 6.98. The molecule has 0 bridgehead atoms. The van der Waals surface area contributed by atoms with Crippen molar-refractivity contribution >= 4 is 0 Å². The molecule has 3 heteroatoms. The van der Waals surface area contributed by atoms with Gasteiger partial charge in [-0.3, -0.25) is 0 Å². The van der Waals surface area contributed by atoms with Crippen molar-refractivity contribution in [1.29, 1.82) is 0 Å². The van der Waals surface area contributed by atoms with Crippen LogP contribution < -0.4 is 5.32 Å². The maximum Gasteiger partial charge on any atom is 0.123 e. The van der Waals surface area contributed by atoms with Gasteiger partial charge in [0.2, 0.25) is 0 Å². The Balaban J connectivity index is 2.05. The molecule has 1 aromatic rings. The Kier molecular flexibility index (Phi) is 5.99. The van der Waals surface area contributed by atoms with Gasteiger partial charge < -0.3 is 10.1 Å². The summed E-state index contributed by atoms with van der Waals surface area (Å²) in [5.74, 6) is 0.523. The molecular weight excluding hydrogens is 253 g/mol. The molecule has 1 aromatic carbocycles. The van der Waals surface area contributed by atoms with E-state index < -0.39 is 0 Å². The van der Waals surface area contributed by atoms with E-state index in [0.29, 0.717) is 12.0 Å². The number of hydrogen-bond donors (Lipinski definition) is 1. The molecule has 0 amide bonds. The quantitative estimate of drug-likeness (QED) is 0.861. The first-order valence-corrected chi connectivity index (χ1v) is 7.77. The lowest BCUT2D eigenvalue weighted by Gasteiger charge is -2.31. The van der Waals surface area contributed by atoms with Crippen LogP contribution in [0.1, 0.15) is 37.3 Å². The van der Waals surface area contributed by atoms with Crippen LogP contribution in [0.5, 0.6) is 0 Å². The molecule has 2 rings (SSSR count). The SMILES string of the molecule is CCCNC(Cc1ccc(F)cc1C)C1CCOCC1. The lowest BCUT2D eigenvalue weighted by molar-refractivity contribution is 0.0537. The van der Waals surface area contributed by atoms with Crippen LogP contribution in [0, 0.1) is 18.7 Å². The van der Waals surface area contributed by atoms with Gasteiger partial charge in [0.15, 0.2) is 0 Å². The Morgan fingerprint density at radius 3 is 2.75 bits per heavy atom. The number of aryl methyl sites for hydroxylation is 1. The number of ether oxygens (including phenoxy) is 1. The van der Waals surface area contributed by atoms with E-state index in [9.17, 15) is 4.39 Å². The van der Waals surface area contributed by atoms with E-state index in [4.69, 9.17) is 4.74 Å². The van der Waals surface area contributed by atoms with Crippen LogP contribution >= 0.6 is 0 Å². The molecule has 2 nitrogen and oxygen atoms in total. The minimum absolute atomic E-state index is 0.143. The molecule has 1 fully saturated rings. The number of halogens is 1. The molecule has 20 heavy (non-hydrogen) atoms. The van der Waals surface area contributed by atoms with Gasteiger partial charge in [-0.25, -0.2) is 4.39 Å². The highest BCUT2D eigenvalue weighted by Crippen LogP contribution is 2.23. The second-order valence-electron chi connectivity index (χ2n) is 5.79. The minimum Gasteiger partial charge on any atom is -0.381 e. The fourth-order valence-corrected chi connectivity index (χ4v) is 2.98. The van der Waals surface area contributed by atoms with Gasteiger partial charge in [0, 0.05) is 19.3 Å². The van der Waals surface area contributed by atoms with Crippen LogP contribution in [0.3, 0.4) is 0 Å². The molecule has 1 atom stereocenters. The van der Waals surface area contributed by atoms with Crippen molar-refractivity contribution in [2.24, 2.45) is 5.92 Å². The van der Waals surface area contributed by atoms with Crippen molar-refractivity contribution in [3.05, 3.63) is 35.1 Å². The number of rotatable bonds is 6. The molecular formula is C17H26FNO. The zero-order valence-electron chi connectivity index (χ0n) is 12.6. The van der Waals surface area contributed by atoms with Crippen LogP contribution in [-0.4, -0.2) is 25.8 Å². The predicted molar refractivity (Wildman–Crippen MR) is 80.5 cm³/mol. The fourth-order valence-electron chi connectivity index (χ4n) is 2.98. The standard InChI is InChI=1S/C17H26FNO/c1-3-8-19-17(14-6-9-20-10-7-14)12-15-4-5-16(18)11-13(15)2/h4-5,11,14,17,19H,3,6-10,12H2,1-2H3. The smallest absolute Gasteiger partial charge is 0.123 e. The van der Waals surface area contributed by atoms with E-state index in [0.717, 1.165) is 51.0 Å². The van der Waals surface area contributed by atoms with Crippen molar-refractivity contribution < 1.29 is 9.13 Å². The monoisotopic (exact) mass is 279 g/mol. The van der Waals surface area contributed by atoms with Gasteiger partial charge in [0.05, 0.1) is 0 Å². The molecule has 1 heterocycles. The van der Waals surface area contributed by atoms with E-state index >= 15 is 0 Å². The van der Waals surface area contributed by atoms with Gasteiger partial charge in [0.25, 0.3) is 0 Å². The lowest BCUT2D eigenvalue weighted by Crippen LogP contribution is -2.41. The first-order chi connectivity index (χ1) is 9.70. The van der Waals surface area contributed by atoms with Crippen molar-refractivity contribution in [1.82, 2.24) is 5.32 Å². The topological polar surface area (TPSA) is 21.3 Å². The van der Waals surface area contributed by atoms with Crippen LogP contribution in [0.25, 0.3) is 0 Å². The summed E-state index contributed by atoms with van der Waals surface area (Å²) >= 11 is 0. The predicted octanol–water partition coefficient (Wildman–Crippen LogP) is 3.47. The molecule has 1 saturated heterocycles. The number of nitrogens with one attached hydrogen (secondary N) is 1. The van der Waals surface area contributed by atoms with E-state index in [1.165, 1.54) is 5.56 Å². The summed E-state index contributed by atoms with van der Waals surface area (Å²) in [6, 6.07) is 5.62. The Hall–Kier alpha value is -0.930. The van der Waals surface area contributed by atoms with Gasteiger partial charge in [-0.2, -0.15) is 0 Å². The molecule has 1 aliphatic heterocycles. The summed E-state index contributed by atoms with van der Waals surface area (Å²) in [5.41, 5.74) is 2.31. The zero-order valence-corrected chi connectivity index (χ0v) is 12.6. The van der Waals surface area contributed by atoms with Crippen LogP contribution in [0.2, 0.25) is 0 Å². The van der Waals surface area contributed by atoms with Crippen molar-refractivity contribution in [3.8, 4) is 0 Å². The van der Waals surface area contributed by atoms with E-state index in [1.807, 2.05) is 13.0 Å². The van der Waals surface area contributed by atoms with Crippen LogP contribution in [-0.2, 0) is 11.2 Å². The van der Waals surface area contributed by atoms with Gasteiger partial charge in [-0.15, -0.1) is 0 Å². The van der Waals surface area contributed by atoms with E-state index in [2.05, 4.69) is 12.2 Å². The summed E-state index contributed by atoms with van der Waals surface area (Å²) in [4.78, 5) is 0. The Bertz CT molecular complexity index is 415. The molecule has 0 aliphatic carbocycles. The van der Waals surface area contributed by atoms with Gasteiger partial charge in [-0.05, 0) is 68.3 Å². The van der Waals surface area contributed by atoms with Gasteiger partial charge in [0.1, 0.15) is 5.82 Å². The lowest BCUT2D eigenvalue weighted by atomic mass is 9.86. The normalized spacial score (nSPS) is 18.1. The highest BCUT2D eigenvalue weighted by Gasteiger charge is 2.24. The first-order valence-electron chi connectivity index (χ1n) is 7.77. The molecule has 112 valence electrons. The fraction of sp³-hybridized carbons (Fsp3) is 0.647. The summed E-state index contributed by atoms with van der Waals surface area (Å²) < 4.78 is 18.7. The second-order valence-corrected chi connectivity index (χ2v) is 5.79. The maximum atomic E-state index is 13.2. The molecule has 0 radical (unpaired) electrons. The average Bonchev–Trinajstić information content (AvgIpc) is 2.46. The Labute approximate surface area is 121 Å².